The maximum absolute atomic E-state index is 14.6. The summed E-state index contributed by atoms with van der Waals surface area (Å²) in [6.45, 7) is 0. The monoisotopic (exact) mass is 410 g/mol. The lowest BCUT2D eigenvalue weighted by molar-refractivity contribution is 0.100. The minimum Gasteiger partial charge on any atom is -0.365 e. The first-order valence-electron chi connectivity index (χ1n) is 9.76. The van der Waals surface area contributed by atoms with Gasteiger partial charge in [0.05, 0.1) is 11.3 Å². The Kier molecular flexibility index (Phi) is 5.57. The zero-order valence-electron chi connectivity index (χ0n) is 16.3. The smallest absolute Gasteiger partial charge is 0.252 e. The van der Waals surface area contributed by atoms with Gasteiger partial charge in [0.25, 0.3) is 5.91 Å². The molecule has 1 amide bonds. The van der Waals surface area contributed by atoms with Crippen molar-refractivity contribution in [3.05, 3.63) is 54.4 Å². The van der Waals surface area contributed by atoms with E-state index in [0.717, 1.165) is 37.4 Å². The maximum Gasteiger partial charge on any atom is 0.252 e. The van der Waals surface area contributed by atoms with Crippen LogP contribution in [-0.4, -0.2) is 37.7 Å². The van der Waals surface area contributed by atoms with E-state index < -0.39 is 11.7 Å². The highest BCUT2D eigenvalue weighted by atomic mass is 19.1. The normalized spacial score (nSPS) is 18.7. The lowest BCUT2D eigenvalue weighted by atomic mass is 9.91. The van der Waals surface area contributed by atoms with Crippen molar-refractivity contribution in [3.63, 3.8) is 0 Å². The molecule has 2 heterocycles. The fourth-order valence-corrected chi connectivity index (χ4v) is 3.56. The van der Waals surface area contributed by atoms with E-state index in [-0.39, 0.29) is 29.3 Å². The molecule has 1 aliphatic carbocycles. The van der Waals surface area contributed by atoms with Crippen LogP contribution in [0.3, 0.4) is 0 Å². The van der Waals surface area contributed by atoms with E-state index in [9.17, 15) is 9.18 Å². The molecule has 0 spiro atoms. The lowest BCUT2D eigenvalue weighted by Crippen LogP contribution is -2.43. The zero-order valence-corrected chi connectivity index (χ0v) is 16.3. The Morgan fingerprint density at radius 1 is 1.17 bits per heavy atom. The largest absolute Gasteiger partial charge is 0.365 e. The molecule has 3 aromatic rings. The number of aromatic nitrogens is 4. The molecule has 156 valence electrons. The lowest BCUT2D eigenvalue weighted by Gasteiger charge is -2.30. The quantitative estimate of drug-likeness (QED) is 0.489. The third-order valence-corrected chi connectivity index (χ3v) is 5.20. The van der Waals surface area contributed by atoms with Crippen LogP contribution in [0, 0.1) is 5.82 Å². The molecule has 1 fully saturated rings. The van der Waals surface area contributed by atoms with E-state index in [1.165, 1.54) is 6.33 Å². The van der Waals surface area contributed by atoms with Crippen molar-refractivity contribution in [2.75, 3.05) is 10.6 Å². The number of halogens is 1. The second-order valence-corrected chi connectivity index (χ2v) is 7.29. The van der Waals surface area contributed by atoms with Crippen molar-refractivity contribution in [1.29, 1.82) is 0 Å². The molecule has 1 saturated carbocycles. The van der Waals surface area contributed by atoms with Gasteiger partial charge in [0.1, 0.15) is 18.5 Å². The Balaban J connectivity index is 1.60. The van der Waals surface area contributed by atoms with Crippen LogP contribution in [0.2, 0.25) is 0 Å². The molecule has 2 atom stereocenters. The van der Waals surface area contributed by atoms with Crippen LogP contribution in [-0.2, 0) is 0 Å². The average molecular weight is 410 g/mol. The van der Waals surface area contributed by atoms with Crippen molar-refractivity contribution >= 4 is 23.2 Å². The summed E-state index contributed by atoms with van der Waals surface area (Å²) in [6.07, 6.45) is 6.83. The number of hydrogen-bond acceptors (Lipinski definition) is 7. The maximum atomic E-state index is 14.6. The summed E-state index contributed by atoms with van der Waals surface area (Å²) in [6, 6.07) is 8.17. The number of benzene rings is 1. The molecule has 0 bridgehead atoms. The summed E-state index contributed by atoms with van der Waals surface area (Å²) in [5.41, 5.74) is 13.0. The standard InChI is InChI=1S/C20H23FN8O/c21-15-9-14(18(23)30)19(28-20(15)27-17-4-2-1-3-16(17)22)26-12-5-7-13(8-6-12)29-11-24-10-25-29/h5-11,16-17H,1-4,22H2,(H2,23,30)(H2,26,27,28)/t16-,17+/m0/s1. The first-order chi connectivity index (χ1) is 14.5. The summed E-state index contributed by atoms with van der Waals surface area (Å²) < 4.78 is 16.2. The summed E-state index contributed by atoms with van der Waals surface area (Å²) in [7, 11) is 0. The van der Waals surface area contributed by atoms with Crippen molar-refractivity contribution in [2.45, 2.75) is 37.8 Å². The molecule has 6 N–H and O–H groups in total. The van der Waals surface area contributed by atoms with Crippen LogP contribution in [0.1, 0.15) is 36.0 Å². The molecule has 0 saturated heterocycles. The second kappa shape index (κ2) is 8.46. The number of amides is 1. The van der Waals surface area contributed by atoms with E-state index in [1.807, 2.05) is 12.1 Å². The summed E-state index contributed by atoms with van der Waals surface area (Å²) >= 11 is 0. The fourth-order valence-electron chi connectivity index (χ4n) is 3.56. The zero-order chi connectivity index (χ0) is 21.1. The molecular weight excluding hydrogens is 387 g/mol. The third-order valence-electron chi connectivity index (χ3n) is 5.20. The van der Waals surface area contributed by atoms with Crippen LogP contribution in [0.15, 0.2) is 43.0 Å². The van der Waals surface area contributed by atoms with E-state index >= 15 is 0 Å². The van der Waals surface area contributed by atoms with Gasteiger partial charge in [-0.3, -0.25) is 4.79 Å². The number of carbonyl (C=O) groups is 1. The summed E-state index contributed by atoms with van der Waals surface area (Å²) in [4.78, 5) is 20.1. The van der Waals surface area contributed by atoms with E-state index in [0.29, 0.717) is 5.69 Å². The molecule has 10 heteroatoms. The van der Waals surface area contributed by atoms with Gasteiger partial charge in [-0.1, -0.05) is 12.8 Å². The van der Waals surface area contributed by atoms with Crippen LogP contribution >= 0.6 is 0 Å². The van der Waals surface area contributed by atoms with Gasteiger partial charge in [-0.25, -0.2) is 19.0 Å². The number of nitrogens with zero attached hydrogens (tertiary/aromatic N) is 4. The highest BCUT2D eigenvalue weighted by molar-refractivity contribution is 5.98. The van der Waals surface area contributed by atoms with Crippen molar-refractivity contribution in [3.8, 4) is 5.69 Å². The molecule has 0 radical (unpaired) electrons. The van der Waals surface area contributed by atoms with Crippen LogP contribution in [0.4, 0.5) is 21.7 Å². The number of pyridine rings is 1. The Morgan fingerprint density at radius 2 is 1.93 bits per heavy atom. The van der Waals surface area contributed by atoms with Crippen LogP contribution < -0.4 is 22.1 Å². The number of hydrogen-bond donors (Lipinski definition) is 4. The molecule has 1 aromatic carbocycles. The van der Waals surface area contributed by atoms with Crippen molar-refractivity contribution < 1.29 is 9.18 Å². The number of nitrogens with two attached hydrogens (primary N) is 2. The highest BCUT2D eigenvalue weighted by Crippen LogP contribution is 2.27. The van der Waals surface area contributed by atoms with Gasteiger partial charge in [-0.2, -0.15) is 5.10 Å². The van der Waals surface area contributed by atoms with Gasteiger partial charge in [0.15, 0.2) is 11.6 Å². The Labute approximate surface area is 172 Å². The average Bonchev–Trinajstić information content (AvgIpc) is 3.27. The molecule has 4 rings (SSSR count). The van der Waals surface area contributed by atoms with Gasteiger partial charge in [0.2, 0.25) is 0 Å². The van der Waals surface area contributed by atoms with Gasteiger partial charge in [-0.05, 0) is 43.2 Å². The Bertz CT molecular complexity index is 1020. The summed E-state index contributed by atoms with van der Waals surface area (Å²) in [5.74, 6) is -1.20. The molecule has 1 aliphatic rings. The van der Waals surface area contributed by atoms with E-state index in [4.69, 9.17) is 11.5 Å². The van der Waals surface area contributed by atoms with Crippen molar-refractivity contribution in [2.24, 2.45) is 11.5 Å². The molecule has 0 aliphatic heterocycles. The fraction of sp³-hybridized carbons (Fsp3) is 0.300. The number of anilines is 3. The van der Waals surface area contributed by atoms with Crippen molar-refractivity contribution in [1.82, 2.24) is 19.7 Å². The predicted octanol–water partition coefficient (Wildman–Crippen LogP) is 2.33. The third kappa shape index (κ3) is 4.23. The first kappa shape index (κ1) is 19.8. The number of nitrogens with one attached hydrogen (secondary N) is 2. The number of carbonyl (C=O) groups excluding carboxylic acids is 1. The molecule has 2 aromatic heterocycles. The van der Waals surface area contributed by atoms with E-state index in [1.54, 1.807) is 23.1 Å². The van der Waals surface area contributed by atoms with Gasteiger partial charge in [0, 0.05) is 17.8 Å². The highest BCUT2D eigenvalue weighted by Gasteiger charge is 2.24. The second-order valence-electron chi connectivity index (χ2n) is 7.29. The molecular formula is C20H23FN8O. The first-order valence-corrected chi connectivity index (χ1v) is 9.76. The van der Waals surface area contributed by atoms with Crippen LogP contribution in [0.5, 0.6) is 0 Å². The Morgan fingerprint density at radius 3 is 2.60 bits per heavy atom. The Hall–Kier alpha value is -3.53. The van der Waals surface area contributed by atoms with Gasteiger partial charge in [-0.15, -0.1) is 0 Å². The van der Waals surface area contributed by atoms with Gasteiger partial charge >= 0.3 is 0 Å². The molecule has 9 nitrogen and oxygen atoms in total. The summed E-state index contributed by atoms with van der Waals surface area (Å²) in [5, 5.41) is 10.2. The minimum atomic E-state index is -0.774. The number of rotatable bonds is 6. The molecule has 0 unspecified atom stereocenters. The van der Waals surface area contributed by atoms with Gasteiger partial charge < -0.3 is 22.1 Å². The topological polar surface area (TPSA) is 137 Å². The SMILES string of the molecule is NC(=O)c1cc(F)c(N[C@@H]2CCCC[C@@H]2N)nc1Nc1ccc(-n2cncn2)cc1. The van der Waals surface area contributed by atoms with E-state index in [2.05, 4.69) is 25.7 Å². The minimum absolute atomic E-state index is 0.0358. The number of primary amides is 1. The predicted molar refractivity (Wildman–Crippen MR) is 111 cm³/mol. The molecule has 30 heavy (non-hydrogen) atoms. The van der Waals surface area contributed by atoms with Crippen LogP contribution in [0.25, 0.3) is 5.69 Å².